The van der Waals surface area contributed by atoms with E-state index in [0.717, 1.165) is 61.5 Å². The fourth-order valence-corrected chi connectivity index (χ4v) is 4.58. The molecule has 31 heavy (non-hydrogen) atoms. The van der Waals surface area contributed by atoms with Gasteiger partial charge in [-0.05, 0) is 69.6 Å². The average Bonchev–Trinajstić information content (AvgIpc) is 2.74. The number of nitrogens with one attached hydrogen (secondary N) is 1. The first-order chi connectivity index (χ1) is 14.8. The van der Waals surface area contributed by atoms with Gasteiger partial charge in [0.15, 0.2) is 0 Å². The fraction of sp³-hybridized carbons (Fsp3) is 0.480. The zero-order valence-electron chi connectivity index (χ0n) is 18.5. The van der Waals surface area contributed by atoms with Crippen LogP contribution >= 0.6 is 0 Å². The summed E-state index contributed by atoms with van der Waals surface area (Å²) in [6.45, 7) is 6.61. The SMILES string of the molecule is COc1ccc2c(c1)OC(C)(C)CC2NC(=O)C1CCN(Cc2ccc(F)cc2)CC1. The van der Waals surface area contributed by atoms with Crippen molar-refractivity contribution in [3.05, 3.63) is 59.4 Å². The Hall–Kier alpha value is -2.60. The molecule has 0 bridgehead atoms. The van der Waals surface area contributed by atoms with Gasteiger partial charge in [0.1, 0.15) is 22.9 Å². The fourth-order valence-electron chi connectivity index (χ4n) is 4.58. The summed E-state index contributed by atoms with van der Waals surface area (Å²) in [7, 11) is 1.64. The van der Waals surface area contributed by atoms with Gasteiger partial charge >= 0.3 is 0 Å². The van der Waals surface area contributed by atoms with Crippen LogP contribution in [-0.4, -0.2) is 36.6 Å². The van der Waals surface area contributed by atoms with Crippen molar-refractivity contribution >= 4 is 5.91 Å². The minimum atomic E-state index is -0.365. The standard InChI is InChI=1S/C25H31FN2O3/c1-25(2)15-22(21-9-8-20(30-3)14-23(21)31-25)27-24(29)18-10-12-28(13-11-18)16-17-4-6-19(26)7-5-17/h4-9,14,18,22H,10-13,15-16H2,1-3H3,(H,27,29). The Morgan fingerprint density at radius 1 is 1.19 bits per heavy atom. The number of likely N-dealkylation sites (tertiary alicyclic amines) is 1. The monoisotopic (exact) mass is 426 g/mol. The highest BCUT2D eigenvalue weighted by atomic mass is 19.1. The Balaban J connectivity index is 1.36. The minimum Gasteiger partial charge on any atom is -0.497 e. The molecule has 1 saturated heterocycles. The first-order valence-electron chi connectivity index (χ1n) is 11.0. The molecule has 1 fully saturated rings. The van der Waals surface area contributed by atoms with Gasteiger partial charge in [0, 0.05) is 30.5 Å². The van der Waals surface area contributed by atoms with Gasteiger partial charge in [0.2, 0.25) is 5.91 Å². The molecule has 2 aromatic carbocycles. The average molecular weight is 427 g/mol. The second-order valence-corrected chi connectivity index (χ2v) is 9.21. The van der Waals surface area contributed by atoms with Crippen LogP contribution in [0.1, 0.15) is 50.3 Å². The van der Waals surface area contributed by atoms with E-state index in [2.05, 4.69) is 10.2 Å². The van der Waals surface area contributed by atoms with Crippen molar-refractivity contribution in [1.82, 2.24) is 10.2 Å². The number of methoxy groups -OCH3 is 1. The third-order valence-electron chi connectivity index (χ3n) is 6.27. The van der Waals surface area contributed by atoms with Crippen LogP contribution in [0.25, 0.3) is 0 Å². The quantitative estimate of drug-likeness (QED) is 0.767. The van der Waals surface area contributed by atoms with E-state index in [9.17, 15) is 9.18 Å². The van der Waals surface area contributed by atoms with Crippen LogP contribution in [0.4, 0.5) is 4.39 Å². The molecule has 4 rings (SSSR count). The number of halogens is 1. The second-order valence-electron chi connectivity index (χ2n) is 9.21. The number of benzene rings is 2. The Morgan fingerprint density at radius 3 is 2.58 bits per heavy atom. The Bertz CT molecular complexity index is 921. The summed E-state index contributed by atoms with van der Waals surface area (Å²) >= 11 is 0. The van der Waals surface area contributed by atoms with Gasteiger partial charge in [-0.2, -0.15) is 0 Å². The Kier molecular flexibility index (Phi) is 6.19. The molecule has 166 valence electrons. The van der Waals surface area contributed by atoms with E-state index in [-0.39, 0.29) is 29.3 Å². The third kappa shape index (κ3) is 5.18. The molecule has 0 radical (unpaired) electrons. The van der Waals surface area contributed by atoms with E-state index in [4.69, 9.17) is 9.47 Å². The number of carbonyl (C=O) groups is 1. The lowest BCUT2D eigenvalue weighted by Crippen LogP contribution is -2.45. The maximum Gasteiger partial charge on any atom is 0.223 e. The van der Waals surface area contributed by atoms with Crippen molar-refractivity contribution in [2.45, 2.75) is 51.3 Å². The number of hydrogen-bond donors (Lipinski definition) is 1. The number of piperidine rings is 1. The molecule has 1 amide bonds. The van der Waals surface area contributed by atoms with Crippen molar-refractivity contribution in [2.24, 2.45) is 5.92 Å². The van der Waals surface area contributed by atoms with E-state index in [1.165, 1.54) is 12.1 Å². The van der Waals surface area contributed by atoms with E-state index < -0.39 is 0 Å². The van der Waals surface area contributed by atoms with Crippen LogP contribution in [-0.2, 0) is 11.3 Å². The van der Waals surface area contributed by atoms with Crippen LogP contribution < -0.4 is 14.8 Å². The zero-order valence-corrected chi connectivity index (χ0v) is 18.5. The van der Waals surface area contributed by atoms with E-state index >= 15 is 0 Å². The predicted octanol–water partition coefficient (Wildman–Crippen LogP) is 4.46. The summed E-state index contributed by atoms with van der Waals surface area (Å²) in [6.07, 6.45) is 2.38. The molecule has 1 unspecified atom stereocenters. The summed E-state index contributed by atoms with van der Waals surface area (Å²) in [5.41, 5.74) is 1.73. The summed E-state index contributed by atoms with van der Waals surface area (Å²) < 4.78 is 24.6. The van der Waals surface area contributed by atoms with Crippen LogP contribution in [0.15, 0.2) is 42.5 Å². The molecule has 5 nitrogen and oxygen atoms in total. The molecule has 2 aromatic rings. The number of carbonyl (C=O) groups excluding carboxylic acids is 1. The van der Waals surface area contributed by atoms with Crippen LogP contribution in [0.2, 0.25) is 0 Å². The first kappa shape index (κ1) is 21.6. The minimum absolute atomic E-state index is 0.0112. The Labute approximate surface area is 183 Å². The lowest BCUT2D eigenvalue weighted by molar-refractivity contribution is -0.127. The maximum atomic E-state index is 13.1. The summed E-state index contributed by atoms with van der Waals surface area (Å²) in [6, 6.07) is 12.4. The summed E-state index contributed by atoms with van der Waals surface area (Å²) in [5, 5.41) is 3.29. The van der Waals surface area contributed by atoms with Gasteiger partial charge in [0.05, 0.1) is 13.2 Å². The van der Waals surface area contributed by atoms with Crippen LogP contribution in [0.5, 0.6) is 11.5 Å². The van der Waals surface area contributed by atoms with Crippen LogP contribution in [0.3, 0.4) is 0 Å². The van der Waals surface area contributed by atoms with Gasteiger partial charge in [-0.25, -0.2) is 4.39 Å². The molecule has 6 heteroatoms. The smallest absolute Gasteiger partial charge is 0.223 e. The number of fused-ring (bicyclic) bond motifs is 1. The van der Waals surface area contributed by atoms with Crippen molar-refractivity contribution in [1.29, 1.82) is 0 Å². The number of rotatable bonds is 5. The van der Waals surface area contributed by atoms with Gasteiger partial charge in [-0.1, -0.05) is 12.1 Å². The lowest BCUT2D eigenvalue weighted by atomic mass is 9.88. The van der Waals surface area contributed by atoms with Crippen molar-refractivity contribution in [3.8, 4) is 11.5 Å². The third-order valence-corrected chi connectivity index (χ3v) is 6.27. The number of ether oxygens (including phenoxy) is 2. The lowest BCUT2D eigenvalue weighted by Gasteiger charge is -2.39. The van der Waals surface area contributed by atoms with Gasteiger partial charge in [-0.15, -0.1) is 0 Å². The van der Waals surface area contributed by atoms with Gasteiger partial charge in [0.25, 0.3) is 0 Å². The summed E-state index contributed by atoms with van der Waals surface area (Å²) in [4.78, 5) is 15.4. The first-order valence-corrected chi connectivity index (χ1v) is 11.0. The van der Waals surface area contributed by atoms with Crippen LogP contribution in [0, 0.1) is 11.7 Å². The molecule has 0 spiro atoms. The molecule has 0 saturated carbocycles. The molecule has 1 N–H and O–H groups in total. The normalized spacial score (nSPS) is 21.1. The molecule has 1 atom stereocenters. The molecule has 2 heterocycles. The highest BCUT2D eigenvalue weighted by Crippen LogP contribution is 2.41. The Morgan fingerprint density at radius 2 is 1.90 bits per heavy atom. The molecule has 0 aromatic heterocycles. The number of amides is 1. The van der Waals surface area contributed by atoms with Gasteiger partial charge in [-0.3, -0.25) is 9.69 Å². The zero-order chi connectivity index (χ0) is 22.0. The second kappa shape index (κ2) is 8.87. The summed E-state index contributed by atoms with van der Waals surface area (Å²) in [5.74, 6) is 1.43. The molecule has 2 aliphatic heterocycles. The topological polar surface area (TPSA) is 50.8 Å². The van der Waals surface area contributed by atoms with E-state index in [1.54, 1.807) is 7.11 Å². The molecular formula is C25H31FN2O3. The maximum absolute atomic E-state index is 13.1. The van der Waals surface area contributed by atoms with Crippen molar-refractivity contribution in [3.63, 3.8) is 0 Å². The number of nitrogens with zero attached hydrogens (tertiary/aromatic N) is 1. The highest BCUT2D eigenvalue weighted by molar-refractivity contribution is 5.79. The largest absolute Gasteiger partial charge is 0.497 e. The molecule has 0 aliphatic carbocycles. The van der Waals surface area contributed by atoms with Gasteiger partial charge < -0.3 is 14.8 Å². The highest BCUT2D eigenvalue weighted by Gasteiger charge is 2.36. The van der Waals surface area contributed by atoms with E-state index in [0.29, 0.717) is 0 Å². The van der Waals surface area contributed by atoms with E-state index in [1.807, 2.05) is 44.2 Å². The van der Waals surface area contributed by atoms with Crippen molar-refractivity contribution < 1.29 is 18.7 Å². The molecular weight excluding hydrogens is 395 g/mol. The molecule has 2 aliphatic rings. The number of hydrogen-bond acceptors (Lipinski definition) is 4. The predicted molar refractivity (Wildman–Crippen MR) is 118 cm³/mol. The van der Waals surface area contributed by atoms with Crippen molar-refractivity contribution in [2.75, 3.05) is 20.2 Å².